The molecular weight excluding hydrogens is 334 g/mol. The molecule has 1 aliphatic heterocycles. The minimum Gasteiger partial charge on any atom is -0.326 e. The molecule has 2 heterocycles. The van der Waals surface area contributed by atoms with Gasteiger partial charge in [-0.05, 0) is 43.6 Å². The molecule has 0 unspecified atom stereocenters. The molecule has 0 saturated carbocycles. The van der Waals surface area contributed by atoms with Crippen LogP contribution in [-0.2, 0) is 17.9 Å². The summed E-state index contributed by atoms with van der Waals surface area (Å²) < 4.78 is 1.40. The number of nitrogens with zero attached hydrogens (tertiary/aromatic N) is 4. The molecule has 1 saturated heterocycles. The number of aryl methyl sites for hydroxylation is 1. The van der Waals surface area contributed by atoms with Gasteiger partial charge >= 0.3 is 5.69 Å². The van der Waals surface area contributed by atoms with Gasteiger partial charge in [0, 0.05) is 25.2 Å². The third-order valence-corrected chi connectivity index (χ3v) is 4.49. The van der Waals surface area contributed by atoms with Gasteiger partial charge in [0.15, 0.2) is 0 Å². The molecule has 1 amide bonds. The molecular formula is C18H23N5O3. The summed E-state index contributed by atoms with van der Waals surface area (Å²) in [4.78, 5) is 24.6. The summed E-state index contributed by atoms with van der Waals surface area (Å²) in [5.74, 6) is -0.146. The van der Waals surface area contributed by atoms with E-state index in [1.54, 1.807) is 0 Å². The van der Waals surface area contributed by atoms with Crippen LogP contribution in [0.25, 0.3) is 0 Å². The molecule has 0 radical (unpaired) electrons. The maximum absolute atomic E-state index is 12.0. The molecule has 8 nitrogen and oxygen atoms in total. The zero-order valence-corrected chi connectivity index (χ0v) is 14.6. The van der Waals surface area contributed by atoms with Crippen LogP contribution in [-0.4, -0.2) is 38.6 Å². The normalized spacial score (nSPS) is 14.9. The summed E-state index contributed by atoms with van der Waals surface area (Å²) in [7, 11) is 0. The van der Waals surface area contributed by atoms with Crippen LogP contribution < -0.4 is 5.32 Å². The fourth-order valence-electron chi connectivity index (χ4n) is 3.08. The Bertz CT molecular complexity index is 750. The van der Waals surface area contributed by atoms with E-state index < -0.39 is 4.92 Å². The lowest BCUT2D eigenvalue weighted by Crippen LogP contribution is -2.29. The first-order chi connectivity index (χ1) is 12.6. The number of piperidine rings is 1. The lowest BCUT2D eigenvalue weighted by Gasteiger charge is -2.26. The van der Waals surface area contributed by atoms with E-state index >= 15 is 0 Å². The predicted molar refractivity (Wildman–Crippen MR) is 97.7 cm³/mol. The van der Waals surface area contributed by atoms with Crippen LogP contribution in [0, 0.1) is 10.1 Å². The van der Waals surface area contributed by atoms with Crippen LogP contribution in [0.5, 0.6) is 0 Å². The lowest BCUT2D eigenvalue weighted by molar-refractivity contribution is -0.385. The molecule has 0 aliphatic carbocycles. The number of benzene rings is 1. The Morgan fingerprint density at radius 1 is 1.19 bits per heavy atom. The molecule has 1 aromatic heterocycles. The summed E-state index contributed by atoms with van der Waals surface area (Å²) in [6, 6.07) is 7.91. The van der Waals surface area contributed by atoms with Crippen molar-refractivity contribution in [2.24, 2.45) is 0 Å². The van der Waals surface area contributed by atoms with E-state index in [9.17, 15) is 14.9 Å². The van der Waals surface area contributed by atoms with Gasteiger partial charge in [-0.2, -0.15) is 5.10 Å². The van der Waals surface area contributed by atoms with Crippen LogP contribution in [0.15, 0.2) is 36.7 Å². The number of rotatable bonds is 7. The first-order valence-corrected chi connectivity index (χ1v) is 8.88. The van der Waals surface area contributed by atoms with E-state index in [4.69, 9.17) is 0 Å². The van der Waals surface area contributed by atoms with Gasteiger partial charge in [-0.1, -0.05) is 18.6 Å². The summed E-state index contributed by atoms with van der Waals surface area (Å²) in [6.45, 7) is 3.56. The molecule has 26 heavy (non-hydrogen) atoms. The molecule has 0 bridgehead atoms. The Labute approximate surface area is 151 Å². The van der Waals surface area contributed by atoms with Gasteiger partial charge in [-0.3, -0.25) is 24.5 Å². The second-order valence-electron chi connectivity index (χ2n) is 6.55. The molecule has 1 fully saturated rings. The maximum atomic E-state index is 12.0. The number of amides is 1. The van der Waals surface area contributed by atoms with Crippen molar-refractivity contribution in [2.75, 3.05) is 18.4 Å². The number of hydrogen-bond acceptors (Lipinski definition) is 5. The summed E-state index contributed by atoms with van der Waals surface area (Å²) in [5.41, 5.74) is 1.92. The van der Waals surface area contributed by atoms with Gasteiger partial charge in [0.05, 0.1) is 4.92 Å². The van der Waals surface area contributed by atoms with Gasteiger partial charge in [-0.25, -0.2) is 0 Å². The van der Waals surface area contributed by atoms with E-state index in [-0.39, 0.29) is 18.0 Å². The van der Waals surface area contributed by atoms with E-state index in [1.165, 1.54) is 41.9 Å². The van der Waals surface area contributed by atoms with Gasteiger partial charge in [0.2, 0.25) is 5.91 Å². The highest BCUT2D eigenvalue weighted by Gasteiger charge is 2.11. The Morgan fingerprint density at radius 2 is 1.92 bits per heavy atom. The SMILES string of the molecule is O=C(CCn1cc([N+](=O)[O-])cn1)Nc1ccc(CN2CCCCC2)cc1. The van der Waals surface area contributed by atoms with Crippen molar-refractivity contribution in [3.63, 3.8) is 0 Å². The van der Waals surface area contributed by atoms with Gasteiger partial charge in [-0.15, -0.1) is 0 Å². The second kappa shape index (κ2) is 8.57. The highest BCUT2D eigenvalue weighted by molar-refractivity contribution is 5.90. The number of carbonyl (C=O) groups is 1. The molecule has 1 N–H and O–H groups in total. The van der Waals surface area contributed by atoms with Crippen LogP contribution >= 0.6 is 0 Å². The Morgan fingerprint density at radius 3 is 2.58 bits per heavy atom. The average molecular weight is 357 g/mol. The van der Waals surface area contributed by atoms with Crippen molar-refractivity contribution >= 4 is 17.3 Å². The molecule has 1 aliphatic rings. The monoisotopic (exact) mass is 357 g/mol. The van der Waals surface area contributed by atoms with Crippen LogP contribution in [0.3, 0.4) is 0 Å². The van der Waals surface area contributed by atoms with Crippen molar-refractivity contribution in [3.8, 4) is 0 Å². The fraction of sp³-hybridized carbons (Fsp3) is 0.444. The number of anilines is 1. The largest absolute Gasteiger partial charge is 0.326 e. The quantitative estimate of drug-likeness (QED) is 0.607. The van der Waals surface area contributed by atoms with E-state index in [1.807, 2.05) is 24.3 Å². The summed E-state index contributed by atoms with van der Waals surface area (Å²) >= 11 is 0. The highest BCUT2D eigenvalue weighted by atomic mass is 16.6. The van der Waals surface area contributed by atoms with Crippen molar-refractivity contribution in [1.29, 1.82) is 0 Å². The number of likely N-dealkylation sites (tertiary alicyclic amines) is 1. The third kappa shape index (κ3) is 5.13. The molecule has 0 spiro atoms. The van der Waals surface area contributed by atoms with E-state index in [0.717, 1.165) is 25.3 Å². The van der Waals surface area contributed by atoms with Crippen molar-refractivity contribution < 1.29 is 9.72 Å². The van der Waals surface area contributed by atoms with Crippen LogP contribution in [0.4, 0.5) is 11.4 Å². The minimum absolute atomic E-state index is 0.0743. The van der Waals surface area contributed by atoms with E-state index in [2.05, 4.69) is 15.3 Å². The van der Waals surface area contributed by atoms with Crippen LogP contribution in [0.1, 0.15) is 31.2 Å². The van der Waals surface area contributed by atoms with Gasteiger partial charge in [0.1, 0.15) is 12.4 Å². The van der Waals surface area contributed by atoms with Crippen molar-refractivity contribution in [1.82, 2.24) is 14.7 Å². The minimum atomic E-state index is -0.505. The summed E-state index contributed by atoms with van der Waals surface area (Å²) in [5, 5.41) is 17.3. The summed E-state index contributed by atoms with van der Waals surface area (Å²) in [6.07, 6.45) is 6.57. The number of nitro groups is 1. The molecule has 1 aromatic carbocycles. The zero-order chi connectivity index (χ0) is 18.4. The molecule has 138 valence electrons. The van der Waals surface area contributed by atoms with Gasteiger partial charge in [0.25, 0.3) is 0 Å². The smallest absolute Gasteiger partial charge is 0.306 e. The third-order valence-electron chi connectivity index (χ3n) is 4.49. The number of nitrogens with one attached hydrogen (secondary N) is 1. The predicted octanol–water partition coefficient (Wildman–Crippen LogP) is 2.81. The average Bonchev–Trinajstić information content (AvgIpc) is 3.12. The fourth-order valence-corrected chi connectivity index (χ4v) is 3.08. The molecule has 2 aromatic rings. The maximum Gasteiger partial charge on any atom is 0.306 e. The molecule has 3 rings (SSSR count). The molecule has 0 atom stereocenters. The Kier molecular flexibility index (Phi) is 5.96. The number of carbonyl (C=O) groups excluding carboxylic acids is 1. The van der Waals surface area contributed by atoms with Crippen molar-refractivity contribution in [2.45, 2.75) is 38.8 Å². The van der Waals surface area contributed by atoms with Gasteiger partial charge < -0.3 is 5.32 Å². The second-order valence-corrected chi connectivity index (χ2v) is 6.55. The Hall–Kier alpha value is -2.74. The standard InChI is InChI=1S/C18H23N5O3/c24-18(8-11-22-14-17(12-19-22)23(25)26)20-16-6-4-15(5-7-16)13-21-9-2-1-3-10-21/h4-7,12,14H,1-3,8-11,13H2,(H,20,24). The zero-order valence-electron chi connectivity index (χ0n) is 14.6. The van der Waals surface area contributed by atoms with Crippen molar-refractivity contribution in [3.05, 3.63) is 52.3 Å². The highest BCUT2D eigenvalue weighted by Crippen LogP contribution is 2.15. The Balaban J connectivity index is 1.45. The topological polar surface area (TPSA) is 93.3 Å². The van der Waals surface area contributed by atoms with Crippen LogP contribution in [0.2, 0.25) is 0 Å². The first kappa shape index (κ1) is 18.1. The first-order valence-electron chi connectivity index (χ1n) is 8.88. The molecule has 8 heteroatoms. The lowest BCUT2D eigenvalue weighted by atomic mass is 10.1. The van der Waals surface area contributed by atoms with E-state index in [0.29, 0.717) is 6.54 Å². The number of hydrogen-bond donors (Lipinski definition) is 1. The number of aromatic nitrogens is 2.